The predicted molar refractivity (Wildman–Crippen MR) is 81.6 cm³/mol. The molecule has 0 aliphatic carbocycles. The van der Waals surface area contributed by atoms with Gasteiger partial charge in [0.25, 0.3) is 0 Å². The average molecular weight is 278 g/mol. The van der Waals surface area contributed by atoms with Crippen molar-refractivity contribution in [2.24, 2.45) is 0 Å². The van der Waals surface area contributed by atoms with Crippen LogP contribution in [0.15, 0.2) is 24.3 Å². The molecular formula is C16H26N2O2. The van der Waals surface area contributed by atoms with Crippen LogP contribution in [0.4, 0.5) is 0 Å². The Balaban J connectivity index is 2.52. The van der Waals surface area contributed by atoms with E-state index in [-0.39, 0.29) is 24.6 Å². The molecule has 0 heterocycles. The Kier molecular flexibility index (Phi) is 6.68. The smallest absolute Gasteiger partial charge is 0.234 e. The molecule has 0 bridgehead atoms. The van der Waals surface area contributed by atoms with Crippen LogP contribution < -0.4 is 5.32 Å². The number of aryl methyl sites for hydroxylation is 1. The van der Waals surface area contributed by atoms with E-state index in [9.17, 15) is 4.79 Å². The number of nitrogens with zero attached hydrogens (tertiary/aromatic N) is 1. The van der Waals surface area contributed by atoms with Gasteiger partial charge in [-0.05, 0) is 38.4 Å². The molecule has 0 saturated heterocycles. The number of rotatable bonds is 7. The number of hydrogen-bond acceptors (Lipinski definition) is 3. The van der Waals surface area contributed by atoms with Gasteiger partial charge in [-0.2, -0.15) is 0 Å². The van der Waals surface area contributed by atoms with E-state index >= 15 is 0 Å². The SMILES string of the molecule is CCc1ccc(C(C)NC(=O)CN(C)C(C)CO)cc1. The molecule has 0 aromatic heterocycles. The summed E-state index contributed by atoms with van der Waals surface area (Å²) in [7, 11) is 1.83. The van der Waals surface area contributed by atoms with Crippen LogP contribution in [0.2, 0.25) is 0 Å². The summed E-state index contributed by atoms with van der Waals surface area (Å²) in [6.45, 7) is 6.34. The van der Waals surface area contributed by atoms with Crippen molar-refractivity contribution in [3.8, 4) is 0 Å². The van der Waals surface area contributed by atoms with Crippen LogP contribution in [0.3, 0.4) is 0 Å². The molecule has 112 valence electrons. The normalized spacial score (nSPS) is 14.1. The Morgan fingerprint density at radius 2 is 1.90 bits per heavy atom. The van der Waals surface area contributed by atoms with E-state index in [0.29, 0.717) is 6.54 Å². The lowest BCUT2D eigenvalue weighted by Gasteiger charge is -2.23. The molecule has 1 aromatic rings. The highest BCUT2D eigenvalue weighted by Gasteiger charge is 2.14. The van der Waals surface area contributed by atoms with Crippen LogP contribution in [-0.4, -0.2) is 42.2 Å². The van der Waals surface area contributed by atoms with Gasteiger partial charge in [0.2, 0.25) is 5.91 Å². The molecule has 1 aromatic carbocycles. The zero-order valence-corrected chi connectivity index (χ0v) is 12.9. The monoisotopic (exact) mass is 278 g/mol. The molecule has 20 heavy (non-hydrogen) atoms. The van der Waals surface area contributed by atoms with E-state index in [0.717, 1.165) is 12.0 Å². The third-order valence-corrected chi connectivity index (χ3v) is 3.68. The van der Waals surface area contributed by atoms with E-state index < -0.39 is 0 Å². The van der Waals surface area contributed by atoms with Gasteiger partial charge in [-0.25, -0.2) is 0 Å². The molecule has 0 spiro atoms. The van der Waals surface area contributed by atoms with Gasteiger partial charge in [0.1, 0.15) is 0 Å². The molecule has 2 atom stereocenters. The minimum absolute atomic E-state index is 0.00811. The van der Waals surface area contributed by atoms with Gasteiger partial charge < -0.3 is 10.4 Å². The van der Waals surface area contributed by atoms with Gasteiger partial charge in [-0.1, -0.05) is 31.2 Å². The molecule has 0 aliphatic heterocycles. The van der Waals surface area contributed by atoms with Crippen molar-refractivity contribution in [2.45, 2.75) is 39.3 Å². The largest absolute Gasteiger partial charge is 0.395 e. The van der Waals surface area contributed by atoms with Crippen LogP contribution in [-0.2, 0) is 11.2 Å². The molecule has 1 rings (SSSR count). The summed E-state index contributed by atoms with van der Waals surface area (Å²) in [6.07, 6.45) is 1.02. The summed E-state index contributed by atoms with van der Waals surface area (Å²) in [5.74, 6) is -0.0279. The molecule has 4 nitrogen and oxygen atoms in total. The van der Waals surface area contributed by atoms with Crippen LogP contribution >= 0.6 is 0 Å². The van der Waals surface area contributed by atoms with Gasteiger partial charge in [0, 0.05) is 6.04 Å². The quantitative estimate of drug-likeness (QED) is 0.799. The van der Waals surface area contributed by atoms with Crippen LogP contribution in [0, 0.1) is 0 Å². The molecular weight excluding hydrogens is 252 g/mol. The molecule has 4 heteroatoms. The summed E-state index contributed by atoms with van der Waals surface area (Å²) >= 11 is 0. The molecule has 0 fully saturated rings. The first-order valence-electron chi connectivity index (χ1n) is 7.17. The lowest BCUT2D eigenvalue weighted by atomic mass is 10.1. The van der Waals surface area contributed by atoms with Crippen molar-refractivity contribution in [1.29, 1.82) is 0 Å². The number of benzene rings is 1. The van der Waals surface area contributed by atoms with E-state index in [2.05, 4.69) is 36.5 Å². The topological polar surface area (TPSA) is 52.6 Å². The number of aliphatic hydroxyl groups is 1. The first-order valence-corrected chi connectivity index (χ1v) is 7.17. The predicted octanol–water partition coefficient (Wildman–Crippen LogP) is 1.74. The fourth-order valence-corrected chi connectivity index (χ4v) is 1.93. The molecule has 0 radical (unpaired) electrons. The molecule has 2 unspecified atom stereocenters. The van der Waals surface area contributed by atoms with E-state index in [4.69, 9.17) is 5.11 Å². The lowest BCUT2D eigenvalue weighted by molar-refractivity contribution is -0.123. The van der Waals surface area contributed by atoms with Crippen LogP contribution in [0.1, 0.15) is 37.9 Å². The van der Waals surface area contributed by atoms with Gasteiger partial charge >= 0.3 is 0 Å². The first kappa shape index (κ1) is 16.7. The number of nitrogens with one attached hydrogen (secondary N) is 1. The average Bonchev–Trinajstić information content (AvgIpc) is 2.46. The Bertz CT molecular complexity index is 417. The second kappa shape index (κ2) is 8.02. The summed E-state index contributed by atoms with van der Waals surface area (Å²) in [4.78, 5) is 13.8. The highest BCUT2D eigenvalue weighted by molar-refractivity contribution is 5.78. The zero-order chi connectivity index (χ0) is 15.1. The molecule has 0 aliphatic rings. The van der Waals surface area contributed by atoms with Crippen molar-refractivity contribution < 1.29 is 9.90 Å². The Morgan fingerprint density at radius 1 is 1.30 bits per heavy atom. The highest BCUT2D eigenvalue weighted by Crippen LogP contribution is 2.13. The maximum absolute atomic E-state index is 11.9. The van der Waals surface area contributed by atoms with Crippen molar-refractivity contribution in [1.82, 2.24) is 10.2 Å². The Hall–Kier alpha value is -1.39. The van der Waals surface area contributed by atoms with Gasteiger partial charge in [-0.3, -0.25) is 9.69 Å². The fourth-order valence-electron chi connectivity index (χ4n) is 1.93. The summed E-state index contributed by atoms with van der Waals surface area (Å²) in [5.41, 5.74) is 2.40. The summed E-state index contributed by atoms with van der Waals surface area (Å²) in [6, 6.07) is 8.29. The third-order valence-electron chi connectivity index (χ3n) is 3.68. The highest BCUT2D eigenvalue weighted by atomic mass is 16.3. The lowest BCUT2D eigenvalue weighted by Crippen LogP contribution is -2.41. The number of carbonyl (C=O) groups excluding carboxylic acids is 1. The summed E-state index contributed by atoms with van der Waals surface area (Å²) < 4.78 is 0. The van der Waals surface area contributed by atoms with Crippen molar-refractivity contribution in [3.05, 3.63) is 35.4 Å². The second-order valence-corrected chi connectivity index (χ2v) is 5.33. The number of hydrogen-bond donors (Lipinski definition) is 2. The third kappa shape index (κ3) is 4.94. The van der Waals surface area contributed by atoms with Crippen molar-refractivity contribution >= 4 is 5.91 Å². The van der Waals surface area contributed by atoms with Gasteiger partial charge in [0.15, 0.2) is 0 Å². The fraction of sp³-hybridized carbons (Fsp3) is 0.562. The minimum Gasteiger partial charge on any atom is -0.395 e. The van der Waals surface area contributed by atoms with E-state index in [1.807, 2.05) is 25.8 Å². The van der Waals surface area contributed by atoms with E-state index in [1.54, 1.807) is 0 Å². The zero-order valence-electron chi connectivity index (χ0n) is 12.9. The second-order valence-electron chi connectivity index (χ2n) is 5.33. The maximum Gasteiger partial charge on any atom is 0.234 e. The molecule has 0 saturated carbocycles. The standard InChI is InChI=1S/C16H26N2O2/c1-5-14-6-8-15(9-7-14)13(3)17-16(20)10-18(4)12(2)11-19/h6-9,12-13,19H,5,10-11H2,1-4H3,(H,17,20). The summed E-state index contributed by atoms with van der Waals surface area (Å²) in [5, 5.41) is 12.0. The Labute approximate surface area is 121 Å². The Morgan fingerprint density at radius 3 is 2.40 bits per heavy atom. The number of carbonyl (C=O) groups is 1. The van der Waals surface area contributed by atoms with Gasteiger partial charge in [-0.15, -0.1) is 0 Å². The number of amides is 1. The molecule has 2 N–H and O–H groups in total. The van der Waals surface area contributed by atoms with E-state index in [1.165, 1.54) is 5.56 Å². The van der Waals surface area contributed by atoms with Crippen molar-refractivity contribution in [3.63, 3.8) is 0 Å². The minimum atomic E-state index is -0.0279. The van der Waals surface area contributed by atoms with Gasteiger partial charge in [0.05, 0.1) is 19.2 Å². The number of likely N-dealkylation sites (N-methyl/N-ethyl adjacent to an activating group) is 1. The number of aliphatic hydroxyl groups excluding tert-OH is 1. The maximum atomic E-state index is 11.9. The molecule has 1 amide bonds. The first-order chi connectivity index (χ1) is 9.47. The van der Waals surface area contributed by atoms with Crippen LogP contribution in [0.5, 0.6) is 0 Å². The van der Waals surface area contributed by atoms with Crippen molar-refractivity contribution in [2.75, 3.05) is 20.2 Å². The van der Waals surface area contributed by atoms with Crippen LogP contribution in [0.25, 0.3) is 0 Å².